The van der Waals surface area contributed by atoms with Crippen LogP contribution in [0.25, 0.3) is 0 Å². The molecule has 2 rings (SSSR count). The normalized spacial score (nSPS) is 10.2. The Kier molecular flexibility index (Phi) is 6.66. The number of carbonyl (C=O) groups is 2. The number of benzene rings is 2. The Bertz CT molecular complexity index is 791. The number of halogens is 1. The first-order chi connectivity index (χ1) is 11.8. The minimum atomic E-state index is -0.299. The van der Waals surface area contributed by atoms with Gasteiger partial charge in [-0.05, 0) is 68.5 Å². The third kappa shape index (κ3) is 5.95. The van der Waals surface area contributed by atoms with Gasteiger partial charge in [0.15, 0.2) is 5.11 Å². The van der Waals surface area contributed by atoms with Crippen molar-refractivity contribution in [3.8, 4) is 0 Å². The van der Waals surface area contributed by atoms with Crippen LogP contribution in [0.15, 0.2) is 53.0 Å². The van der Waals surface area contributed by atoms with Crippen molar-refractivity contribution in [1.29, 1.82) is 0 Å². The topological polar surface area (TPSA) is 70.2 Å². The SMILES string of the molecule is CC(C)NC(=O)c1ccc(NC(=S)NC(=O)c2cccc(Br)c2)cc1. The highest BCUT2D eigenvalue weighted by atomic mass is 79.9. The van der Waals surface area contributed by atoms with Crippen molar-refractivity contribution < 1.29 is 9.59 Å². The second kappa shape index (κ2) is 8.73. The van der Waals surface area contributed by atoms with E-state index in [1.165, 1.54) is 0 Å². The van der Waals surface area contributed by atoms with Crippen LogP contribution in [0.3, 0.4) is 0 Å². The highest BCUT2D eigenvalue weighted by Crippen LogP contribution is 2.12. The van der Waals surface area contributed by atoms with E-state index in [2.05, 4.69) is 31.9 Å². The van der Waals surface area contributed by atoms with Gasteiger partial charge in [0.2, 0.25) is 0 Å². The molecule has 130 valence electrons. The zero-order valence-electron chi connectivity index (χ0n) is 13.8. The lowest BCUT2D eigenvalue weighted by molar-refractivity contribution is 0.0941. The molecule has 0 radical (unpaired) electrons. The van der Waals surface area contributed by atoms with Crippen molar-refractivity contribution in [3.63, 3.8) is 0 Å². The van der Waals surface area contributed by atoms with Gasteiger partial charge < -0.3 is 10.6 Å². The molecule has 0 atom stereocenters. The van der Waals surface area contributed by atoms with Crippen molar-refractivity contribution in [1.82, 2.24) is 10.6 Å². The molecule has 0 unspecified atom stereocenters. The van der Waals surface area contributed by atoms with E-state index < -0.39 is 0 Å². The smallest absolute Gasteiger partial charge is 0.257 e. The molecular formula is C18H18BrN3O2S. The Labute approximate surface area is 160 Å². The maximum Gasteiger partial charge on any atom is 0.257 e. The van der Waals surface area contributed by atoms with Crippen LogP contribution in [0.5, 0.6) is 0 Å². The Balaban J connectivity index is 1.94. The third-order valence-electron chi connectivity index (χ3n) is 3.14. The van der Waals surface area contributed by atoms with E-state index >= 15 is 0 Å². The summed E-state index contributed by atoms with van der Waals surface area (Å²) < 4.78 is 0.814. The van der Waals surface area contributed by atoms with Crippen molar-refractivity contribution >= 4 is 50.8 Å². The van der Waals surface area contributed by atoms with Gasteiger partial charge in [0.1, 0.15) is 0 Å². The standard InChI is InChI=1S/C18H18BrN3O2S/c1-11(2)20-16(23)12-6-8-15(9-7-12)21-18(25)22-17(24)13-4-3-5-14(19)10-13/h3-11H,1-2H3,(H,20,23)(H2,21,22,24,25). The first-order valence-corrected chi connectivity index (χ1v) is 8.84. The Morgan fingerprint density at radius 1 is 1.00 bits per heavy atom. The summed E-state index contributed by atoms with van der Waals surface area (Å²) in [5, 5.41) is 8.54. The molecule has 0 saturated heterocycles. The molecule has 2 aromatic rings. The maximum absolute atomic E-state index is 12.1. The highest BCUT2D eigenvalue weighted by Gasteiger charge is 2.09. The summed E-state index contributed by atoms with van der Waals surface area (Å²) in [6.45, 7) is 3.81. The zero-order valence-corrected chi connectivity index (χ0v) is 16.2. The van der Waals surface area contributed by atoms with Crippen LogP contribution >= 0.6 is 28.1 Å². The number of thiocarbonyl (C=S) groups is 1. The minimum absolute atomic E-state index is 0.0751. The molecule has 0 aliphatic carbocycles. The highest BCUT2D eigenvalue weighted by molar-refractivity contribution is 9.10. The summed E-state index contributed by atoms with van der Waals surface area (Å²) in [6.07, 6.45) is 0. The second-order valence-corrected chi connectivity index (χ2v) is 6.95. The van der Waals surface area contributed by atoms with Gasteiger partial charge in [0.05, 0.1) is 0 Å². The fraction of sp³-hybridized carbons (Fsp3) is 0.167. The molecule has 5 nitrogen and oxygen atoms in total. The zero-order chi connectivity index (χ0) is 18.4. The van der Waals surface area contributed by atoms with Crippen molar-refractivity contribution in [2.45, 2.75) is 19.9 Å². The van der Waals surface area contributed by atoms with Gasteiger partial charge in [-0.25, -0.2) is 0 Å². The van der Waals surface area contributed by atoms with Gasteiger partial charge in [0.25, 0.3) is 11.8 Å². The maximum atomic E-state index is 12.1. The summed E-state index contributed by atoms with van der Waals surface area (Å²) in [5.41, 5.74) is 1.74. The first-order valence-electron chi connectivity index (χ1n) is 7.64. The Morgan fingerprint density at radius 2 is 1.68 bits per heavy atom. The van der Waals surface area contributed by atoms with E-state index in [0.717, 1.165) is 4.47 Å². The number of rotatable bonds is 4. The lowest BCUT2D eigenvalue weighted by Crippen LogP contribution is -2.34. The molecule has 0 heterocycles. The molecule has 0 spiro atoms. The van der Waals surface area contributed by atoms with E-state index in [1.54, 1.807) is 42.5 Å². The number of amides is 2. The van der Waals surface area contributed by atoms with Gasteiger partial charge in [-0.1, -0.05) is 22.0 Å². The Hall–Kier alpha value is -2.25. The van der Waals surface area contributed by atoms with Crippen LogP contribution in [0.4, 0.5) is 5.69 Å². The number of nitrogens with one attached hydrogen (secondary N) is 3. The van der Waals surface area contributed by atoms with Gasteiger partial charge in [0, 0.05) is 27.3 Å². The number of carbonyl (C=O) groups excluding carboxylic acids is 2. The fourth-order valence-electron chi connectivity index (χ4n) is 2.02. The fourth-order valence-corrected chi connectivity index (χ4v) is 2.63. The van der Waals surface area contributed by atoms with Crippen LogP contribution in [0.2, 0.25) is 0 Å². The van der Waals surface area contributed by atoms with Crippen LogP contribution in [0.1, 0.15) is 34.6 Å². The average Bonchev–Trinajstić information content (AvgIpc) is 2.54. The monoisotopic (exact) mass is 419 g/mol. The molecule has 7 heteroatoms. The molecular weight excluding hydrogens is 402 g/mol. The van der Waals surface area contributed by atoms with Gasteiger partial charge in [-0.2, -0.15) is 0 Å². The van der Waals surface area contributed by atoms with Crippen LogP contribution in [0, 0.1) is 0 Å². The molecule has 0 saturated carbocycles. The summed E-state index contributed by atoms with van der Waals surface area (Å²) in [4.78, 5) is 24.0. The van der Waals surface area contributed by atoms with E-state index in [4.69, 9.17) is 12.2 Å². The molecule has 0 bridgehead atoms. The largest absolute Gasteiger partial charge is 0.350 e. The van der Waals surface area contributed by atoms with Crippen molar-refractivity contribution in [2.24, 2.45) is 0 Å². The van der Waals surface area contributed by atoms with Gasteiger partial charge >= 0.3 is 0 Å². The van der Waals surface area contributed by atoms with Crippen LogP contribution in [-0.4, -0.2) is 23.0 Å². The predicted octanol–water partition coefficient (Wildman–Crippen LogP) is 3.71. The number of anilines is 1. The predicted molar refractivity (Wildman–Crippen MR) is 107 cm³/mol. The van der Waals surface area contributed by atoms with E-state index in [9.17, 15) is 9.59 Å². The molecule has 0 aliphatic rings. The van der Waals surface area contributed by atoms with E-state index in [1.807, 2.05) is 19.9 Å². The summed E-state index contributed by atoms with van der Waals surface area (Å²) in [5.74, 6) is -0.432. The lowest BCUT2D eigenvalue weighted by Gasteiger charge is -2.11. The average molecular weight is 420 g/mol. The summed E-state index contributed by atoms with van der Waals surface area (Å²) >= 11 is 8.47. The number of hydrogen-bond acceptors (Lipinski definition) is 3. The van der Waals surface area contributed by atoms with Crippen molar-refractivity contribution in [3.05, 3.63) is 64.1 Å². The molecule has 3 N–H and O–H groups in total. The molecule has 0 aromatic heterocycles. The van der Waals surface area contributed by atoms with Gasteiger partial charge in [-0.3, -0.25) is 14.9 Å². The van der Waals surface area contributed by atoms with Crippen LogP contribution in [-0.2, 0) is 0 Å². The number of hydrogen-bond donors (Lipinski definition) is 3. The molecule has 25 heavy (non-hydrogen) atoms. The third-order valence-corrected chi connectivity index (χ3v) is 3.84. The second-order valence-electron chi connectivity index (χ2n) is 5.62. The minimum Gasteiger partial charge on any atom is -0.350 e. The van der Waals surface area contributed by atoms with Crippen molar-refractivity contribution in [2.75, 3.05) is 5.32 Å². The first kappa shape index (κ1) is 19.1. The van der Waals surface area contributed by atoms with E-state index in [-0.39, 0.29) is 23.0 Å². The van der Waals surface area contributed by atoms with E-state index in [0.29, 0.717) is 16.8 Å². The quantitative estimate of drug-likeness (QED) is 0.660. The summed E-state index contributed by atoms with van der Waals surface area (Å²) in [7, 11) is 0. The van der Waals surface area contributed by atoms with Gasteiger partial charge in [-0.15, -0.1) is 0 Å². The molecule has 0 fully saturated rings. The lowest BCUT2D eigenvalue weighted by atomic mass is 10.2. The summed E-state index contributed by atoms with van der Waals surface area (Å²) in [6, 6.07) is 13.9. The molecule has 2 amide bonds. The van der Waals surface area contributed by atoms with Crippen LogP contribution < -0.4 is 16.0 Å². The molecule has 2 aromatic carbocycles. The Morgan fingerprint density at radius 3 is 2.28 bits per heavy atom. The molecule has 0 aliphatic heterocycles.